The number of aromatic nitrogens is 2. The van der Waals surface area contributed by atoms with Crippen molar-refractivity contribution in [1.29, 1.82) is 0 Å². The minimum Gasteiger partial charge on any atom is -0.390 e. The van der Waals surface area contributed by atoms with Crippen molar-refractivity contribution in [2.24, 2.45) is 0 Å². The lowest BCUT2D eigenvalue weighted by Crippen LogP contribution is -2.44. The Labute approximate surface area is 281 Å². The third-order valence-electron chi connectivity index (χ3n) is 8.79. The number of ether oxygens (including phenoxy) is 1. The summed E-state index contributed by atoms with van der Waals surface area (Å²) < 4.78 is 10.2. The maximum absolute atomic E-state index is 11.5. The number of fused-ring (bicyclic) bond motifs is 6. The van der Waals surface area contributed by atoms with Crippen molar-refractivity contribution in [2.45, 2.75) is 44.2 Å². The molecule has 1 aliphatic heterocycles. The van der Waals surface area contributed by atoms with Crippen LogP contribution in [0.25, 0.3) is 43.6 Å². The van der Waals surface area contributed by atoms with E-state index in [1.165, 1.54) is 0 Å². The number of aliphatic hydroxyl groups is 2. The van der Waals surface area contributed by atoms with Gasteiger partial charge in [0.2, 0.25) is 0 Å². The lowest BCUT2D eigenvalue weighted by molar-refractivity contribution is 0.0206. The molecule has 7 rings (SSSR count). The molecule has 0 unspecified atom stereocenters. The van der Waals surface area contributed by atoms with Crippen molar-refractivity contribution in [2.75, 3.05) is 26.2 Å². The minimum atomic E-state index is -0.707. The normalized spacial score (nSPS) is 17.0. The van der Waals surface area contributed by atoms with E-state index in [1.54, 1.807) is 0 Å². The molecule has 0 saturated carbocycles. The molecule has 1 saturated heterocycles. The number of hydrogen-bond donors (Lipinski definition) is 2. The summed E-state index contributed by atoms with van der Waals surface area (Å²) in [5, 5.41) is 29.6. The molecule has 0 spiro atoms. The first-order chi connectivity index (χ1) is 21.7. The summed E-state index contributed by atoms with van der Waals surface area (Å²) in [7, 11) is 0. The predicted octanol–water partition coefficient (Wildman–Crippen LogP) is 8.42. The van der Waals surface area contributed by atoms with Gasteiger partial charge in [0.15, 0.2) is 0 Å². The van der Waals surface area contributed by atoms with E-state index < -0.39 is 12.2 Å². The van der Waals surface area contributed by atoms with Crippen LogP contribution >= 0.6 is 46.4 Å². The number of hydrogen-bond acceptors (Lipinski definition) is 4. The zero-order chi connectivity index (χ0) is 31.2. The van der Waals surface area contributed by atoms with Gasteiger partial charge in [-0.05, 0) is 85.6 Å². The Morgan fingerprint density at radius 2 is 1.02 bits per heavy atom. The summed E-state index contributed by atoms with van der Waals surface area (Å²) in [6.45, 7) is 2.86. The third-order valence-corrected chi connectivity index (χ3v) is 9.73. The van der Waals surface area contributed by atoms with Crippen molar-refractivity contribution in [3.8, 4) is 0 Å². The highest BCUT2D eigenvalue weighted by Crippen LogP contribution is 2.34. The molecule has 2 aromatic heterocycles. The molecule has 3 atom stereocenters. The van der Waals surface area contributed by atoms with Gasteiger partial charge in [0.25, 0.3) is 0 Å². The maximum Gasteiger partial charge on any atom is 0.0846 e. The van der Waals surface area contributed by atoms with E-state index in [4.69, 9.17) is 51.1 Å². The van der Waals surface area contributed by atoms with Crippen LogP contribution in [-0.2, 0) is 17.8 Å². The highest BCUT2D eigenvalue weighted by molar-refractivity contribution is 6.34. The Morgan fingerprint density at radius 1 is 0.644 bits per heavy atom. The van der Waals surface area contributed by atoms with Crippen LogP contribution in [0.4, 0.5) is 0 Å². The topological polar surface area (TPSA) is 62.8 Å². The summed E-state index contributed by atoms with van der Waals surface area (Å²) in [5.74, 6) is 0. The molecule has 1 aliphatic rings. The molecule has 2 N–H and O–H groups in total. The molecule has 0 amide bonds. The molecule has 234 valence electrons. The molecule has 1 fully saturated rings. The Kier molecular flexibility index (Phi) is 8.94. The van der Waals surface area contributed by atoms with Gasteiger partial charge in [0.05, 0.1) is 31.4 Å². The number of rotatable bonds is 10. The number of aliphatic hydroxyl groups excluding tert-OH is 2. The molecule has 0 bridgehead atoms. The Hall–Kier alpha value is -2.52. The Balaban J connectivity index is 1.14. The van der Waals surface area contributed by atoms with Crippen molar-refractivity contribution >= 4 is 90.0 Å². The maximum atomic E-state index is 11.5. The van der Waals surface area contributed by atoms with E-state index in [2.05, 4.69) is 14.0 Å². The number of nitrogens with zero attached hydrogens (tertiary/aromatic N) is 3. The zero-order valence-corrected chi connectivity index (χ0v) is 27.5. The molecule has 4 aromatic carbocycles. The monoisotopic (exact) mass is 683 g/mol. The van der Waals surface area contributed by atoms with Gasteiger partial charge in [-0.25, -0.2) is 0 Å². The third kappa shape index (κ3) is 6.40. The first-order valence-electron chi connectivity index (χ1n) is 15.2. The fourth-order valence-corrected chi connectivity index (χ4v) is 7.61. The average Bonchev–Trinajstić information content (AvgIpc) is 3.69. The fourth-order valence-electron chi connectivity index (χ4n) is 6.92. The van der Waals surface area contributed by atoms with Crippen LogP contribution in [0.1, 0.15) is 12.8 Å². The van der Waals surface area contributed by atoms with Crippen LogP contribution in [0.2, 0.25) is 20.1 Å². The van der Waals surface area contributed by atoms with Crippen molar-refractivity contribution in [3.05, 3.63) is 92.9 Å². The van der Waals surface area contributed by atoms with Crippen molar-refractivity contribution in [3.63, 3.8) is 0 Å². The van der Waals surface area contributed by atoms with Gasteiger partial charge in [-0.15, -0.1) is 0 Å². The Morgan fingerprint density at radius 3 is 1.36 bits per heavy atom. The van der Waals surface area contributed by atoms with E-state index in [0.717, 1.165) is 63.1 Å². The minimum absolute atomic E-state index is 0.0689. The number of benzene rings is 4. The van der Waals surface area contributed by atoms with Crippen LogP contribution in [0.5, 0.6) is 0 Å². The van der Waals surface area contributed by atoms with Gasteiger partial charge in [-0.2, -0.15) is 0 Å². The summed E-state index contributed by atoms with van der Waals surface area (Å²) in [5.41, 5.74) is 3.92. The quantitative estimate of drug-likeness (QED) is 0.152. The number of halogens is 4. The van der Waals surface area contributed by atoms with Gasteiger partial charge in [-0.3, -0.25) is 4.90 Å². The standard InChI is InChI=1S/C35H33Cl4N3O3/c36-21-3-7-32-28(12-21)29-13-22(37)4-8-33(29)41(32)18-25(43)16-40(20-27-2-1-11-45-27)17-26(44)19-42-34-9-5-23(38)14-30(34)31-15-24(39)6-10-35(31)42/h3-10,12-15,25-27,43-44H,1-2,11,16-20H2/t25-,26-,27-/m0/s1. The van der Waals surface area contributed by atoms with Crippen LogP contribution in [0, 0.1) is 0 Å². The van der Waals surface area contributed by atoms with Crippen LogP contribution < -0.4 is 0 Å². The van der Waals surface area contributed by atoms with Crippen LogP contribution in [0.3, 0.4) is 0 Å². The van der Waals surface area contributed by atoms with Gasteiger partial charge in [0, 0.05) is 89.9 Å². The molecular formula is C35H33Cl4N3O3. The van der Waals surface area contributed by atoms with Crippen LogP contribution in [-0.4, -0.2) is 68.8 Å². The fraction of sp³-hybridized carbons (Fsp3) is 0.314. The SMILES string of the molecule is O[C@@H](CN(C[C@H](O)Cn1c2ccc(Cl)cc2c2cc(Cl)ccc21)C[C@@H]1CCCO1)Cn1c2ccc(Cl)cc2c2cc(Cl)ccc21. The highest BCUT2D eigenvalue weighted by Gasteiger charge is 2.25. The highest BCUT2D eigenvalue weighted by atomic mass is 35.5. The summed E-state index contributed by atoms with van der Waals surface area (Å²) >= 11 is 25.4. The van der Waals surface area contributed by atoms with Gasteiger partial charge in [-0.1, -0.05) is 46.4 Å². The first kappa shape index (κ1) is 31.1. The molecule has 3 heterocycles. The Bertz CT molecular complexity index is 1760. The van der Waals surface area contributed by atoms with Gasteiger partial charge >= 0.3 is 0 Å². The molecule has 6 nitrogen and oxygen atoms in total. The van der Waals surface area contributed by atoms with Gasteiger partial charge < -0.3 is 24.1 Å². The lowest BCUT2D eigenvalue weighted by atomic mass is 10.1. The lowest BCUT2D eigenvalue weighted by Gasteiger charge is -2.30. The van der Waals surface area contributed by atoms with Crippen molar-refractivity contribution in [1.82, 2.24) is 14.0 Å². The molecular weight excluding hydrogens is 652 g/mol. The molecule has 0 aliphatic carbocycles. The largest absolute Gasteiger partial charge is 0.390 e. The van der Waals surface area contributed by atoms with Gasteiger partial charge in [0.1, 0.15) is 0 Å². The second-order valence-corrected chi connectivity index (χ2v) is 13.8. The zero-order valence-electron chi connectivity index (χ0n) is 24.5. The second kappa shape index (κ2) is 12.9. The van der Waals surface area contributed by atoms with E-state index in [0.29, 0.717) is 52.8 Å². The van der Waals surface area contributed by atoms with E-state index >= 15 is 0 Å². The van der Waals surface area contributed by atoms with Crippen molar-refractivity contribution < 1.29 is 14.9 Å². The van der Waals surface area contributed by atoms with E-state index in [-0.39, 0.29) is 6.10 Å². The summed E-state index contributed by atoms with van der Waals surface area (Å²) in [6, 6.07) is 23.2. The average molecular weight is 685 g/mol. The van der Waals surface area contributed by atoms with Crippen LogP contribution in [0.15, 0.2) is 72.8 Å². The molecule has 6 aromatic rings. The molecule has 0 radical (unpaired) electrons. The summed E-state index contributed by atoms with van der Waals surface area (Å²) in [4.78, 5) is 2.13. The molecule has 10 heteroatoms. The van der Waals surface area contributed by atoms with E-state index in [1.807, 2.05) is 72.8 Å². The predicted molar refractivity (Wildman–Crippen MR) is 186 cm³/mol. The molecule has 45 heavy (non-hydrogen) atoms. The second-order valence-electron chi connectivity index (χ2n) is 12.0. The first-order valence-corrected chi connectivity index (χ1v) is 16.7. The summed E-state index contributed by atoms with van der Waals surface area (Å²) in [6.07, 6.45) is 0.635. The van der Waals surface area contributed by atoms with E-state index in [9.17, 15) is 10.2 Å². The smallest absolute Gasteiger partial charge is 0.0846 e.